The fraction of sp³-hybridized carbons (Fsp3) is 0.455. The van der Waals surface area contributed by atoms with Crippen molar-refractivity contribution in [3.8, 4) is 11.5 Å². The normalized spacial score (nSPS) is 14.3. The molecule has 2 aromatic heterocycles. The summed E-state index contributed by atoms with van der Waals surface area (Å²) in [5.74, 6) is 1.87. The molecule has 0 atom stereocenters. The van der Waals surface area contributed by atoms with Gasteiger partial charge in [-0.2, -0.15) is 5.10 Å². The summed E-state index contributed by atoms with van der Waals surface area (Å²) in [4.78, 5) is 23.8. The zero-order valence-electron chi connectivity index (χ0n) is 18.0. The summed E-state index contributed by atoms with van der Waals surface area (Å²) in [5.41, 5.74) is 1.29. The molecule has 1 aromatic carbocycles. The van der Waals surface area contributed by atoms with E-state index >= 15 is 0 Å². The maximum Gasteiger partial charge on any atom is 0.251 e. The molecule has 0 radical (unpaired) electrons. The maximum absolute atomic E-state index is 12.5. The Balaban J connectivity index is 1.43. The number of hydrogen-bond donors (Lipinski definition) is 1. The van der Waals surface area contributed by atoms with Gasteiger partial charge in [0.15, 0.2) is 17.1 Å². The Morgan fingerprint density at radius 3 is 2.58 bits per heavy atom. The number of carbonyl (C=O) groups excluding carboxylic acids is 1. The van der Waals surface area contributed by atoms with Gasteiger partial charge in [-0.25, -0.2) is 14.6 Å². The van der Waals surface area contributed by atoms with Gasteiger partial charge in [0.2, 0.25) is 0 Å². The lowest BCUT2D eigenvalue weighted by Gasteiger charge is -2.21. The standard InChI is InChI=1S/C22H28N6O3/c1-30-18-8-7-16(13-19(18)31-2)22(29)23-9-12-28-21-17(14-26-28)20(24-15-25-21)27-10-5-3-4-6-11-27/h7-8,13-15H,3-6,9-12H2,1-2H3,(H,23,29). The number of benzene rings is 1. The molecule has 1 saturated heterocycles. The molecule has 31 heavy (non-hydrogen) atoms. The zero-order chi connectivity index (χ0) is 21.6. The highest BCUT2D eigenvalue weighted by atomic mass is 16.5. The third-order valence-corrected chi connectivity index (χ3v) is 5.57. The lowest BCUT2D eigenvalue weighted by molar-refractivity contribution is 0.0951. The Labute approximate surface area is 181 Å². The number of aromatic nitrogens is 4. The van der Waals surface area contributed by atoms with Crippen LogP contribution in [0.2, 0.25) is 0 Å². The van der Waals surface area contributed by atoms with E-state index in [9.17, 15) is 4.79 Å². The molecule has 9 heteroatoms. The average molecular weight is 425 g/mol. The van der Waals surface area contributed by atoms with E-state index in [1.54, 1.807) is 38.7 Å². The molecule has 0 saturated carbocycles. The summed E-state index contributed by atoms with van der Waals surface area (Å²) >= 11 is 0. The van der Waals surface area contributed by atoms with Gasteiger partial charge in [0.1, 0.15) is 12.1 Å². The van der Waals surface area contributed by atoms with Crippen molar-refractivity contribution in [2.24, 2.45) is 0 Å². The quantitative estimate of drug-likeness (QED) is 0.623. The van der Waals surface area contributed by atoms with E-state index in [0.29, 0.717) is 30.2 Å². The van der Waals surface area contributed by atoms with E-state index < -0.39 is 0 Å². The number of ether oxygens (including phenoxy) is 2. The van der Waals surface area contributed by atoms with Crippen molar-refractivity contribution in [2.45, 2.75) is 32.2 Å². The lowest BCUT2D eigenvalue weighted by Crippen LogP contribution is -2.27. The molecule has 0 unspecified atom stereocenters. The van der Waals surface area contributed by atoms with Crippen LogP contribution in [-0.2, 0) is 6.54 Å². The van der Waals surface area contributed by atoms with Crippen LogP contribution in [-0.4, -0.2) is 59.5 Å². The van der Waals surface area contributed by atoms with E-state index in [4.69, 9.17) is 9.47 Å². The van der Waals surface area contributed by atoms with Crippen LogP contribution in [0.5, 0.6) is 11.5 Å². The van der Waals surface area contributed by atoms with Crippen LogP contribution in [0.4, 0.5) is 5.82 Å². The molecule has 4 rings (SSSR count). The van der Waals surface area contributed by atoms with Crippen LogP contribution >= 0.6 is 0 Å². The monoisotopic (exact) mass is 424 g/mol. The van der Waals surface area contributed by atoms with Gasteiger partial charge in [-0.1, -0.05) is 12.8 Å². The van der Waals surface area contributed by atoms with Crippen LogP contribution in [0.25, 0.3) is 11.0 Å². The SMILES string of the molecule is COc1ccc(C(=O)NCCn2ncc3c(N4CCCCCC4)ncnc32)cc1OC. The van der Waals surface area contributed by atoms with Gasteiger partial charge in [0.25, 0.3) is 5.91 Å². The first-order valence-corrected chi connectivity index (χ1v) is 10.6. The lowest BCUT2D eigenvalue weighted by atomic mass is 10.2. The van der Waals surface area contributed by atoms with Crippen LogP contribution in [0.3, 0.4) is 0 Å². The molecular weight excluding hydrogens is 396 g/mol. The van der Waals surface area contributed by atoms with Crippen molar-refractivity contribution < 1.29 is 14.3 Å². The van der Waals surface area contributed by atoms with Crippen LogP contribution in [0.1, 0.15) is 36.0 Å². The Kier molecular flexibility index (Phi) is 6.49. The van der Waals surface area contributed by atoms with Crippen LogP contribution < -0.4 is 19.7 Å². The van der Waals surface area contributed by atoms with Gasteiger partial charge >= 0.3 is 0 Å². The largest absolute Gasteiger partial charge is 0.493 e. The number of rotatable bonds is 7. The smallest absolute Gasteiger partial charge is 0.251 e. The molecular formula is C22H28N6O3. The highest BCUT2D eigenvalue weighted by Gasteiger charge is 2.17. The molecule has 9 nitrogen and oxygen atoms in total. The minimum atomic E-state index is -0.183. The molecule has 1 N–H and O–H groups in total. The third-order valence-electron chi connectivity index (χ3n) is 5.57. The Morgan fingerprint density at radius 1 is 1.06 bits per heavy atom. The summed E-state index contributed by atoms with van der Waals surface area (Å²) in [6.07, 6.45) is 8.33. The number of nitrogens with zero attached hydrogens (tertiary/aromatic N) is 5. The van der Waals surface area contributed by atoms with Crippen molar-refractivity contribution in [2.75, 3.05) is 38.8 Å². The number of methoxy groups -OCH3 is 2. The van der Waals surface area contributed by atoms with Gasteiger partial charge in [-0.3, -0.25) is 4.79 Å². The second-order valence-corrected chi connectivity index (χ2v) is 7.53. The number of nitrogens with one attached hydrogen (secondary N) is 1. The zero-order valence-corrected chi connectivity index (χ0v) is 18.0. The van der Waals surface area contributed by atoms with Crippen LogP contribution in [0, 0.1) is 0 Å². The van der Waals surface area contributed by atoms with E-state index in [0.717, 1.165) is 29.9 Å². The molecule has 0 bridgehead atoms. The van der Waals surface area contributed by atoms with Gasteiger partial charge in [-0.05, 0) is 31.0 Å². The third kappa shape index (κ3) is 4.55. The molecule has 3 aromatic rings. The predicted octanol–water partition coefficient (Wildman–Crippen LogP) is 2.65. The molecule has 3 heterocycles. The van der Waals surface area contributed by atoms with Crippen molar-refractivity contribution in [3.63, 3.8) is 0 Å². The second-order valence-electron chi connectivity index (χ2n) is 7.53. The first kappa shape index (κ1) is 20.9. The number of hydrogen-bond acceptors (Lipinski definition) is 7. The van der Waals surface area contributed by atoms with Gasteiger partial charge in [0.05, 0.1) is 32.3 Å². The topological polar surface area (TPSA) is 94.4 Å². The molecule has 0 aliphatic carbocycles. The van der Waals surface area contributed by atoms with Crippen molar-refractivity contribution in [1.29, 1.82) is 0 Å². The molecule has 1 aliphatic rings. The molecule has 1 fully saturated rings. The van der Waals surface area contributed by atoms with Gasteiger partial charge in [0, 0.05) is 25.2 Å². The van der Waals surface area contributed by atoms with E-state index in [1.807, 2.05) is 10.9 Å². The van der Waals surface area contributed by atoms with Gasteiger partial charge in [-0.15, -0.1) is 0 Å². The summed E-state index contributed by atoms with van der Waals surface area (Å²) < 4.78 is 12.3. The number of anilines is 1. The summed E-state index contributed by atoms with van der Waals surface area (Å²) in [6, 6.07) is 5.09. The second kappa shape index (κ2) is 9.63. The number of carbonyl (C=O) groups is 1. The minimum Gasteiger partial charge on any atom is -0.493 e. The Morgan fingerprint density at radius 2 is 1.84 bits per heavy atom. The highest BCUT2D eigenvalue weighted by Crippen LogP contribution is 2.27. The van der Waals surface area contributed by atoms with Crippen molar-refractivity contribution >= 4 is 22.8 Å². The summed E-state index contributed by atoms with van der Waals surface area (Å²) in [6.45, 7) is 2.96. The number of fused-ring (bicyclic) bond motifs is 1. The molecule has 0 spiro atoms. The Hall–Kier alpha value is -3.36. The highest BCUT2D eigenvalue weighted by molar-refractivity contribution is 5.94. The van der Waals surface area contributed by atoms with Crippen molar-refractivity contribution in [1.82, 2.24) is 25.1 Å². The minimum absolute atomic E-state index is 0.183. The summed E-state index contributed by atoms with van der Waals surface area (Å²) in [7, 11) is 3.11. The average Bonchev–Trinajstić information content (AvgIpc) is 3.03. The van der Waals surface area contributed by atoms with Crippen LogP contribution in [0.15, 0.2) is 30.7 Å². The fourth-order valence-electron chi connectivity index (χ4n) is 3.93. The van der Waals surface area contributed by atoms with E-state index in [1.165, 1.54) is 25.7 Å². The van der Waals surface area contributed by atoms with Crippen molar-refractivity contribution in [3.05, 3.63) is 36.3 Å². The first-order chi connectivity index (χ1) is 15.2. The molecule has 1 amide bonds. The van der Waals surface area contributed by atoms with Gasteiger partial charge < -0.3 is 19.7 Å². The molecule has 164 valence electrons. The maximum atomic E-state index is 12.5. The Bertz CT molecular complexity index is 1040. The molecule has 1 aliphatic heterocycles. The van der Waals surface area contributed by atoms with E-state index in [-0.39, 0.29) is 5.91 Å². The van der Waals surface area contributed by atoms with E-state index in [2.05, 4.69) is 25.3 Å². The first-order valence-electron chi connectivity index (χ1n) is 10.6. The summed E-state index contributed by atoms with van der Waals surface area (Å²) in [5, 5.41) is 8.37. The number of amides is 1. The fourth-order valence-corrected chi connectivity index (χ4v) is 3.93. The predicted molar refractivity (Wildman–Crippen MR) is 118 cm³/mol.